The highest BCUT2D eigenvalue weighted by molar-refractivity contribution is 5.79. The lowest BCUT2D eigenvalue weighted by molar-refractivity contribution is -0.146. The Morgan fingerprint density at radius 3 is 2.05 bits per heavy atom. The molecule has 0 aliphatic carbocycles. The minimum Gasteiger partial charge on any atom is -0.481 e. The number of unbranched alkanes of at least 4 members (excludes halogenated alkanes) is 5. The third-order valence-corrected chi connectivity index (χ3v) is 2.86. The Hall–Kier alpha value is -1.36. The molecule has 1 atom stereocenters. The average molecular weight is 301 g/mol. The van der Waals surface area contributed by atoms with E-state index in [1.54, 1.807) is 6.08 Å². The molecule has 0 aliphatic rings. The Morgan fingerprint density at radius 1 is 1.05 bits per heavy atom. The zero-order valence-electron chi connectivity index (χ0n) is 13.4. The summed E-state index contributed by atoms with van der Waals surface area (Å²) in [5, 5.41) is 17.3. The Balaban J connectivity index is 0. The van der Waals surface area contributed by atoms with Crippen LogP contribution >= 0.6 is 0 Å². The van der Waals surface area contributed by atoms with Crippen molar-refractivity contribution in [3.05, 3.63) is 12.2 Å². The standard InChI is InChI=1S/C12H20O4.C4H11N/c1-2-3-4-5-6-7-8-10(12(15)16)9-11(13)14;1-2-3-4-5/h7-8,10H,2-6,9H2,1H3,(H,13,14)(H,15,16);2-5H2,1H3. The maximum absolute atomic E-state index is 10.7. The molecule has 0 bridgehead atoms. The van der Waals surface area contributed by atoms with Crippen LogP contribution in [0.3, 0.4) is 0 Å². The predicted octanol–water partition coefficient (Wildman–Crippen LogP) is 3.43. The van der Waals surface area contributed by atoms with E-state index in [2.05, 4.69) is 13.8 Å². The molecule has 0 spiro atoms. The van der Waals surface area contributed by atoms with Crippen LogP contribution in [-0.2, 0) is 9.59 Å². The highest BCUT2D eigenvalue weighted by atomic mass is 16.4. The van der Waals surface area contributed by atoms with Crippen molar-refractivity contribution in [3.63, 3.8) is 0 Å². The van der Waals surface area contributed by atoms with Crippen molar-refractivity contribution in [1.82, 2.24) is 0 Å². The first-order chi connectivity index (χ1) is 9.99. The number of carboxylic acid groups (broad SMARTS) is 2. The molecule has 4 N–H and O–H groups in total. The second-order valence-electron chi connectivity index (χ2n) is 4.96. The van der Waals surface area contributed by atoms with Gasteiger partial charge in [-0.15, -0.1) is 0 Å². The zero-order valence-corrected chi connectivity index (χ0v) is 13.4. The van der Waals surface area contributed by atoms with E-state index >= 15 is 0 Å². The molecule has 0 aromatic carbocycles. The number of carbonyl (C=O) groups is 2. The van der Waals surface area contributed by atoms with Gasteiger partial charge in [0.25, 0.3) is 0 Å². The van der Waals surface area contributed by atoms with Gasteiger partial charge >= 0.3 is 11.9 Å². The van der Waals surface area contributed by atoms with Crippen LogP contribution in [0.15, 0.2) is 12.2 Å². The quantitative estimate of drug-likeness (QED) is 0.401. The Labute approximate surface area is 128 Å². The van der Waals surface area contributed by atoms with Crippen LogP contribution in [0.5, 0.6) is 0 Å². The third-order valence-electron chi connectivity index (χ3n) is 2.86. The lowest BCUT2D eigenvalue weighted by Crippen LogP contribution is -2.15. The first kappa shape index (κ1) is 21.9. The lowest BCUT2D eigenvalue weighted by Gasteiger charge is -2.03. The monoisotopic (exact) mass is 301 g/mol. The Bertz CT molecular complexity index is 288. The summed E-state index contributed by atoms with van der Waals surface area (Å²) >= 11 is 0. The first-order valence-electron chi connectivity index (χ1n) is 7.80. The van der Waals surface area contributed by atoms with E-state index in [0.717, 1.165) is 25.8 Å². The number of hydrogen-bond acceptors (Lipinski definition) is 3. The zero-order chi connectivity index (χ0) is 16.5. The maximum Gasteiger partial charge on any atom is 0.310 e. The van der Waals surface area contributed by atoms with E-state index in [9.17, 15) is 9.59 Å². The molecule has 0 aromatic rings. The Kier molecular flexibility index (Phi) is 17.4. The molecule has 0 amide bonds. The molecule has 0 aliphatic heterocycles. The smallest absolute Gasteiger partial charge is 0.310 e. The van der Waals surface area contributed by atoms with Gasteiger partial charge in [0.1, 0.15) is 0 Å². The van der Waals surface area contributed by atoms with Gasteiger partial charge in [-0.3, -0.25) is 9.59 Å². The number of nitrogens with two attached hydrogens (primary N) is 1. The van der Waals surface area contributed by atoms with Crippen LogP contribution in [0.25, 0.3) is 0 Å². The van der Waals surface area contributed by atoms with Crippen molar-refractivity contribution in [3.8, 4) is 0 Å². The normalized spacial score (nSPS) is 11.8. The van der Waals surface area contributed by atoms with E-state index in [1.807, 2.05) is 0 Å². The Morgan fingerprint density at radius 2 is 1.67 bits per heavy atom. The van der Waals surface area contributed by atoms with Crippen molar-refractivity contribution in [1.29, 1.82) is 0 Å². The van der Waals surface area contributed by atoms with Crippen LogP contribution in [-0.4, -0.2) is 28.7 Å². The maximum atomic E-state index is 10.7. The van der Waals surface area contributed by atoms with Gasteiger partial charge in [-0.25, -0.2) is 0 Å². The summed E-state index contributed by atoms with van der Waals surface area (Å²) in [5.41, 5.74) is 5.14. The molecule has 5 heteroatoms. The van der Waals surface area contributed by atoms with Crippen molar-refractivity contribution in [2.45, 2.75) is 65.2 Å². The average Bonchev–Trinajstić information content (AvgIpc) is 2.42. The van der Waals surface area contributed by atoms with E-state index in [0.29, 0.717) is 0 Å². The minimum atomic E-state index is -1.08. The molecule has 21 heavy (non-hydrogen) atoms. The van der Waals surface area contributed by atoms with Gasteiger partial charge in [0.15, 0.2) is 0 Å². The van der Waals surface area contributed by atoms with Gasteiger partial charge in [-0.2, -0.15) is 0 Å². The highest BCUT2D eigenvalue weighted by Crippen LogP contribution is 2.08. The van der Waals surface area contributed by atoms with Crippen molar-refractivity contribution in [2.75, 3.05) is 6.54 Å². The SMILES string of the molecule is CCCCCCC=CC(CC(=O)O)C(=O)O.CCCCN. The first-order valence-corrected chi connectivity index (χ1v) is 7.80. The molecular weight excluding hydrogens is 270 g/mol. The topological polar surface area (TPSA) is 101 Å². The molecule has 0 radical (unpaired) electrons. The second-order valence-corrected chi connectivity index (χ2v) is 4.96. The molecule has 124 valence electrons. The van der Waals surface area contributed by atoms with Crippen molar-refractivity contribution in [2.24, 2.45) is 11.7 Å². The molecule has 5 nitrogen and oxygen atoms in total. The van der Waals surface area contributed by atoms with E-state index < -0.39 is 17.9 Å². The number of carboxylic acids is 2. The number of rotatable bonds is 11. The van der Waals surface area contributed by atoms with Crippen LogP contribution in [0.2, 0.25) is 0 Å². The van der Waals surface area contributed by atoms with E-state index in [1.165, 1.54) is 31.8 Å². The molecule has 0 heterocycles. The summed E-state index contributed by atoms with van der Waals surface area (Å²) in [6.45, 7) is 5.10. The van der Waals surface area contributed by atoms with Gasteiger partial charge in [0.2, 0.25) is 0 Å². The molecule has 0 saturated heterocycles. The molecule has 0 rings (SSSR count). The molecular formula is C16H31NO4. The largest absolute Gasteiger partial charge is 0.481 e. The van der Waals surface area contributed by atoms with E-state index in [4.69, 9.17) is 15.9 Å². The van der Waals surface area contributed by atoms with Crippen LogP contribution in [0, 0.1) is 5.92 Å². The number of aliphatic carboxylic acids is 2. The van der Waals surface area contributed by atoms with Crippen molar-refractivity contribution < 1.29 is 19.8 Å². The van der Waals surface area contributed by atoms with Crippen LogP contribution in [0.4, 0.5) is 0 Å². The van der Waals surface area contributed by atoms with E-state index in [-0.39, 0.29) is 6.42 Å². The molecule has 0 fully saturated rings. The van der Waals surface area contributed by atoms with Crippen LogP contribution in [0.1, 0.15) is 65.2 Å². The summed E-state index contributed by atoms with van der Waals surface area (Å²) in [5.74, 6) is -3.06. The summed E-state index contributed by atoms with van der Waals surface area (Å²) < 4.78 is 0. The third kappa shape index (κ3) is 18.6. The van der Waals surface area contributed by atoms with Gasteiger partial charge < -0.3 is 15.9 Å². The van der Waals surface area contributed by atoms with Crippen LogP contribution < -0.4 is 5.73 Å². The van der Waals surface area contributed by atoms with Gasteiger partial charge in [-0.1, -0.05) is 51.7 Å². The second kappa shape index (κ2) is 16.7. The number of hydrogen-bond donors (Lipinski definition) is 3. The highest BCUT2D eigenvalue weighted by Gasteiger charge is 2.17. The predicted molar refractivity (Wildman–Crippen MR) is 85.2 cm³/mol. The van der Waals surface area contributed by atoms with Gasteiger partial charge in [-0.05, 0) is 25.8 Å². The summed E-state index contributed by atoms with van der Waals surface area (Å²) in [6.07, 6.45) is 10.6. The van der Waals surface area contributed by atoms with Gasteiger partial charge in [0.05, 0.1) is 12.3 Å². The minimum absolute atomic E-state index is 0.346. The number of allylic oxidation sites excluding steroid dienone is 1. The lowest BCUT2D eigenvalue weighted by atomic mass is 10.0. The summed E-state index contributed by atoms with van der Waals surface area (Å²) in [7, 11) is 0. The fourth-order valence-electron chi connectivity index (χ4n) is 1.58. The summed E-state index contributed by atoms with van der Waals surface area (Å²) in [4.78, 5) is 21.1. The fourth-order valence-corrected chi connectivity index (χ4v) is 1.58. The molecule has 1 unspecified atom stereocenters. The van der Waals surface area contributed by atoms with Gasteiger partial charge in [0, 0.05) is 0 Å². The molecule has 0 aromatic heterocycles. The molecule has 0 saturated carbocycles. The van der Waals surface area contributed by atoms with Crippen molar-refractivity contribution >= 4 is 11.9 Å². The fraction of sp³-hybridized carbons (Fsp3) is 0.750. The summed E-state index contributed by atoms with van der Waals surface area (Å²) in [6, 6.07) is 0.